The third-order valence-electron chi connectivity index (χ3n) is 6.54. The summed E-state index contributed by atoms with van der Waals surface area (Å²) >= 11 is 0. The fourth-order valence-corrected chi connectivity index (χ4v) is 5.13. The molecule has 2 heterocycles. The SMILES string of the molecule is Cc1nc(C(F)(F)F)cn1-c1ccc(-c2cccc(S(C)=O)c2)cc1N1C(c2cccc(C(F)(F)F)c2)=CNN1C. The van der Waals surface area contributed by atoms with Crippen molar-refractivity contribution in [2.24, 2.45) is 0 Å². The zero-order chi connectivity index (χ0) is 29.7. The molecule has 0 fully saturated rings. The van der Waals surface area contributed by atoms with Gasteiger partial charge in [0, 0.05) is 47.0 Å². The van der Waals surface area contributed by atoms with Crippen molar-refractivity contribution in [3.8, 4) is 16.8 Å². The molecule has 1 atom stereocenters. The lowest BCUT2D eigenvalue weighted by Gasteiger charge is -2.31. The van der Waals surface area contributed by atoms with Crippen molar-refractivity contribution in [2.45, 2.75) is 24.2 Å². The Bertz CT molecular complexity index is 1680. The van der Waals surface area contributed by atoms with E-state index in [1.165, 1.54) is 34.9 Å². The fraction of sp³-hybridized carbons (Fsp3) is 0.179. The summed E-state index contributed by atoms with van der Waals surface area (Å²) in [6.45, 7) is 1.43. The Labute approximate surface area is 233 Å². The van der Waals surface area contributed by atoms with Gasteiger partial charge in [0.15, 0.2) is 5.69 Å². The minimum Gasteiger partial charge on any atom is -0.306 e. The molecule has 0 radical (unpaired) electrons. The molecule has 4 aromatic rings. The van der Waals surface area contributed by atoms with Crippen LogP contribution in [0.1, 0.15) is 22.6 Å². The number of halogens is 6. The second-order valence-electron chi connectivity index (χ2n) is 9.30. The predicted molar refractivity (Wildman–Crippen MR) is 144 cm³/mol. The summed E-state index contributed by atoms with van der Waals surface area (Å²) in [6.07, 6.45) is -5.32. The maximum Gasteiger partial charge on any atom is 0.434 e. The van der Waals surface area contributed by atoms with Crippen LogP contribution in [0, 0.1) is 6.92 Å². The molecule has 41 heavy (non-hydrogen) atoms. The van der Waals surface area contributed by atoms with E-state index in [0.29, 0.717) is 33.1 Å². The van der Waals surface area contributed by atoms with E-state index in [-0.39, 0.29) is 11.4 Å². The van der Waals surface area contributed by atoms with Crippen LogP contribution in [-0.2, 0) is 23.2 Å². The number of imidazole rings is 1. The highest BCUT2D eigenvalue weighted by Gasteiger charge is 2.36. The fourth-order valence-electron chi connectivity index (χ4n) is 4.57. The number of benzene rings is 3. The number of nitrogens with one attached hydrogen (secondary N) is 1. The number of rotatable bonds is 5. The van der Waals surface area contributed by atoms with Gasteiger partial charge in [-0.1, -0.05) is 30.3 Å². The van der Waals surface area contributed by atoms with Gasteiger partial charge < -0.3 is 9.99 Å². The quantitative estimate of drug-likeness (QED) is 0.259. The molecule has 1 aliphatic heterocycles. The number of hydrazine groups is 2. The molecule has 1 N–H and O–H groups in total. The Balaban J connectivity index is 1.71. The van der Waals surface area contributed by atoms with Crippen LogP contribution >= 0.6 is 0 Å². The smallest absolute Gasteiger partial charge is 0.306 e. The summed E-state index contributed by atoms with van der Waals surface area (Å²) in [7, 11) is 0.363. The van der Waals surface area contributed by atoms with Gasteiger partial charge in [0.05, 0.1) is 22.6 Å². The lowest BCUT2D eigenvalue weighted by Crippen LogP contribution is -2.40. The third-order valence-corrected chi connectivity index (χ3v) is 7.45. The molecular weight excluding hydrogens is 568 g/mol. The lowest BCUT2D eigenvalue weighted by atomic mass is 10.0. The van der Waals surface area contributed by atoms with E-state index in [1.54, 1.807) is 60.8 Å². The van der Waals surface area contributed by atoms with Crippen LogP contribution in [0.5, 0.6) is 0 Å². The molecule has 0 saturated carbocycles. The number of aromatic nitrogens is 2. The van der Waals surface area contributed by atoms with Gasteiger partial charge in [0.1, 0.15) is 5.82 Å². The Morgan fingerprint density at radius 1 is 0.829 bits per heavy atom. The molecule has 6 nitrogen and oxygen atoms in total. The second-order valence-corrected chi connectivity index (χ2v) is 10.7. The summed E-state index contributed by atoms with van der Waals surface area (Å²) in [5, 5.41) is 3.08. The zero-order valence-electron chi connectivity index (χ0n) is 21.9. The first-order chi connectivity index (χ1) is 19.2. The summed E-state index contributed by atoms with van der Waals surface area (Å²) in [5.74, 6) is 0.0640. The Morgan fingerprint density at radius 3 is 2.17 bits per heavy atom. The van der Waals surface area contributed by atoms with Crippen LogP contribution < -0.4 is 10.4 Å². The summed E-state index contributed by atoms with van der Waals surface area (Å²) < 4.78 is 94.6. The van der Waals surface area contributed by atoms with Crippen molar-refractivity contribution in [1.82, 2.24) is 20.1 Å². The maximum atomic E-state index is 13.5. The zero-order valence-corrected chi connectivity index (χ0v) is 22.7. The van der Waals surface area contributed by atoms with E-state index in [4.69, 9.17) is 0 Å². The second kappa shape index (κ2) is 10.4. The van der Waals surface area contributed by atoms with E-state index in [2.05, 4.69) is 10.4 Å². The van der Waals surface area contributed by atoms with Gasteiger partial charge in [0.2, 0.25) is 0 Å². The highest BCUT2D eigenvalue weighted by molar-refractivity contribution is 7.84. The topological polar surface area (TPSA) is 53.4 Å². The normalized spacial score (nSPS) is 15.1. The van der Waals surface area contributed by atoms with Crippen molar-refractivity contribution < 1.29 is 30.6 Å². The van der Waals surface area contributed by atoms with Gasteiger partial charge in [-0.2, -0.15) is 26.3 Å². The van der Waals surface area contributed by atoms with Gasteiger partial charge in [-0.3, -0.25) is 9.22 Å². The minimum absolute atomic E-state index is 0.0640. The van der Waals surface area contributed by atoms with Crippen LogP contribution in [0.2, 0.25) is 0 Å². The van der Waals surface area contributed by atoms with Crippen molar-refractivity contribution in [2.75, 3.05) is 18.3 Å². The van der Waals surface area contributed by atoms with Crippen molar-refractivity contribution >= 4 is 22.2 Å². The number of hydrogen-bond acceptors (Lipinski definition) is 5. The molecule has 0 bridgehead atoms. The summed E-state index contributed by atoms with van der Waals surface area (Å²) in [5.41, 5.74) is 3.59. The molecule has 0 aliphatic carbocycles. The number of nitrogens with zero attached hydrogens (tertiary/aromatic N) is 4. The first-order valence-electron chi connectivity index (χ1n) is 12.1. The van der Waals surface area contributed by atoms with Gasteiger partial charge in [-0.15, -0.1) is 5.12 Å². The average Bonchev–Trinajstić information content (AvgIpc) is 3.50. The first kappa shape index (κ1) is 28.4. The Kier molecular flexibility index (Phi) is 7.20. The van der Waals surface area contributed by atoms with Crippen LogP contribution in [0.15, 0.2) is 84.0 Å². The summed E-state index contributed by atoms with van der Waals surface area (Å²) in [6, 6.07) is 16.8. The van der Waals surface area contributed by atoms with E-state index in [1.807, 2.05) is 0 Å². The van der Waals surface area contributed by atoms with Crippen molar-refractivity contribution in [3.63, 3.8) is 0 Å². The van der Waals surface area contributed by atoms with Crippen molar-refractivity contribution in [3.05, 3.63) is 102 Å². The van der Waals surface area contributed by atoms with E-state index in [9.17, 15) is 30.6 Å². The number of anilines is 1. The van der Waals surface area contributed by atoms with E-state index >= 15 is 0 Å². The Hall–Kier alpha value is -4.10. The molecule has 1 aliphatic rings. The average molecular weight is 592 g/mol. The predicted octanol–water partition coefficient (Wildman–Crippen LogP) is 6.79. The molecular formula is C28H23F6N5OS. The number of aryl methyl sites for hydroxylation is 1. The lowest BCUT2D eigenvalue weighted by molar-refractivity contribution is -0.141. The third kappa shape index (κ3) is 5.59. The minimum atomic E-state index is -4.68. The van der Waals surface area contributed by atoms with Crippen LogP contribution in [0.3, 0.4) is 0 Å². The van der Waals surface area contributed by atoms with Crippen LogP contribution in [0.25, 0.3) is 22.5 Å². The first-order valence-corrected chi connectivity index (χ1v) is 13.7. The monoisotopic (exact) mass is 591 g/mol. The molecule has 1 aromatic heterocycles. The molecule has 0 spiro atoms. The van der Waals surface area contributed by atoms with E-state index < -0.39 is 34.4 Å². The highest BCUT2D eigenvalue weighted by atomic mass is 32.2. The number of alkyl halides is 6. The van der Waals surface area contributed by atoms with Gasteiger partial charge in [-0.25, -0.2) is 4.98 Å². The standard InChI is InChI=1S/C28H23F6N5OS/c1-17-36-26(28(32,33)34)16-38(17)23-11-10-19(18-6-5-9-22(13-18)41(3)40)14-24(23)39-25(15-35-37(39)2)20-7-4-8-21(12-20)27(29,30)31/h4-16,35H,1-3H3. The van der Waals surface area contributed by atoms with E-state index in [0.717, 1.165) is 18.3 Å². The molecule has 1 unspecified atom stereocenters. The molecule has 214 valence electrons. The summed E-state index contributed by atoms with van der Waals surface area (Å²) in [4.78, 5) is 4.27. The molecule has 0 amide bonds. The maximum absolute atomic E-state index is 13.5. The van der Waals surface area contributed by atoms with Gasteiger partial charge in [-0.05, 0) is 54.4 Å². The largest absolute Gasteiger partial charge is 0.434 e. The van der Waals surface area contributed by atoms with Crippen LogP contribution in [-0.4, -0.2) is 32.2 Å². The highest BCUT2D eigenvalue weighted by Crippen LogP contribution is 2.40. The number of hydrogen-bond donors (Lipinski definition) is 1. The molecule has 13 heteroatoms. The Morgan fingerprint density at radius 2 is 1.51 bits per heavy atom. The van der Waals surface area contributed by atoms with Gasteiger partial charge in [0.25, 0.3) is 0 Å². The molecule has 0 saturated heterocycles. The molecule has 3 aromatic carbocycles. The van der Waals surface area contributed by atoms with Gasteiger partial charge >= 0.3 is 12.4 Å². The molecule has 5 rings (SSSR count). The van der Waals surface area contributed by atoms with Crippen LogP contribution in [0.4, 0.5) is 32.0 Å². The van der Waals surface area contributed by atoms with Crippen molar-refractivity contribution in [1.29, 1.82) is 0 Å².